The third-order valence-electron chi connectivity index (χ3n) is 5.64. The maximum Gasteiger partial charge on any atom is 0.151 e. The van der Waals surface area contributed by atoms with E-state index in [1.165, 1.54) is 12.4 Å². The summed E-state index contributed by atoms with van der Waals surface area (Å²) in [5, 5.41) is 20.6. The normalized spacial score (nSPS) is 18.8. The molecule has 0 aliphatic carbocycles. The maximum atomic E-state index is 7.44. The lowest BCUT2D eigenvalue weighted by Gasteiger charge is -2.49. The molecule has 0 radical (unpaired) electrons. The molecule has 7 heteroatoms. The standard InChI is InChI=1S/C23H31ClN6/c1-22(2)11-17(12-23(3,4)29-22)30(5)21-9-8-20(27-28-21)18-7-6-15(10-19(18)24)16(13-25)14-26/h6-10,13-14,17,25,29H,11-12,26H2,1-5H3/b16-14+,25-13?. The third kappa shape index (κ3) is 4.82. The van der Waals surface area contributed by atoms with Crippen molar-refractivity contribution >= 4 is 29.2 Å². The average molecular weight is 427 g/mol. The predicted molar refractivity (Wildman–Crippen MR) is 126 cm³/mol. The maximum absolute atomic E-state index is 7.44. The van der Waals surface area contributed by atoms with Crippen LogP contribution in [0.15, 0.2) is 36.5 Å². The molecule has 6 nitrogen and oxygen atoms in total. The SMILES string of the molecule is CN(c1ccc(-c2ccc(/C(C=N)=C/N)cc2Cl)nn1)C1CC(C)(C)NC(C)(C)C1. The van der Waals surface area contributed by atoms with E-state index in [1.54, 1.807) is 6.07 Å². The molecular formula is C23H31ClN6. The minimum Gasteiger partial charge on any atom is -0.404 e. The lowest BCUT2D eigenvalue weighted by molar-refractivity contribution is 0.160. The monoisotopic (exact) mass is 426 g/mol. The molecule has 0 saturated carbocycles. The smallest absolute Gasteiger partial charge is 0.151 e. The Balaban J connectivity index is 1.82. The minimum absolute atomic E-state index is 0.0661. The Morgan fingerprint density at radius 1 is 1.17 bits per heavy atom. The van der Waals surface area contributed by atoms with Crippen molar-refractivity contribution in [1.82, 2.24) is 15.5 Å². The first kappa shape index (κ1) is 22.2. The van der Waals surface area contributed by atoms with E-state index in [-0.39, 0.29) is 11.1 Å². The van der Waals surface area contributed by atoms with Gasteiger partial charge in [-0.15, -0.1) is 10.2 Å². The molecule has 1 aromatic heterocycles. The molecule has 30 heavy (non-hydrogen) atoms. The van der Waals surface area contributed by atoms with Crippen molar-refractivity contribution in [2.24, 2.45) is 5.73 Å². The number of allylic oxidation sites excluding steroid dienone is 1. The minimum atomic E-state index is 0.0661. The molecule has 3 rings (SSSR count). The highest BCUT2D eigenvalue weighted by atomic mass is 35.5. The van der Waals surface area contributed by atoms with Gasteiger partial charge in [0.25, 0.3) is 0 Å². The molecule has 1 aliphatic heterocycles. The zero-order valence-corrected chi connectivity index (χ0v) is 19.1. The molecule has 0 spiro atoms. The number of benzene rings is 1. The fourth-order valence-corrected chi connectivity index (χ4v) is 4.79. The molecule has 0 unspecified atom stereocenters. The van der Waals surface area contributed by atoms with Gasteiger partial charge >= 0.3 is 0 Å². The van der Waals surface area contributed by atoms with Crippen molar-refractivity contribution < 1.29 is 0 Å². The van der Waals surface area contributed by atoms with Gasteiger partial charge in [-0.3, -0.25) is 0 Å². The largest absolute Gasteiger partial charge is 0.404 e. The van der Waals surface area contributed by atoms with Crippen molar-refractivity contribution in [3.05, 3.63) is 47.1 Å². The number of hydrogen-bond acceptors (Lipinski definition) is 6. The number of rotatable bonds is 5. The third-order valence-corrected chi connectivity index (χ3v) is 5.95. The van der Waals surface area contributed by atoms with Crippen LogP contribution >= 0.6 is 11.6 Å². The Morgan fingerprint density at radius 2 is 1.83 bits per heavy atom. The summed E-state index contributed by atoms with van der Waals surface area (Å²) in [7, 11) is 2.09. The Labute approximate surface area is 184 Å². The highest BCUT2D eigenvalue weighted by Gasteiger charge is 2.39. The Bertz CT molecular complexity index is 933. The van der Waals surface area contributed by atoms with Crippen LogP contribution in [-0.2, 0) is 0 Å². The van der Waals surface area contributed by atoms with Gasteiger partial charge in [-0.05, 0) is 64.3 Å². The number of piperidine rings is 1. The summed E-state index contributed by atoms with van der Waals surface area (Å²) < 4.78 is 0. The van der Waals surface area contributed by atoms with Crippen molar-refractivity contribution in [2.45, 2.75) is 57.7 Å². The summed E-state index contributed by atoms with van der Waals surface area (Å²) in [5.41, 5.74) is 8.61. The predicted octanol–water partition coefficient (Wildman–Crippen LogP) is 4.49. The van der Waals surface area contributed by atoms with Crippen LogP contribution in [0.4, 0.5) is 5.82 Å². The Hall–Kier alpha value is -2.44. The van der Waals surface area contributed by atoms with Crippen LogP contribution < -0.4 is 16.0 Å². The molecule has 1 aromatic carbocycles. The quantitative estimate of drug-likeness (QED) is 0.612. The number of aromatic nitrogens is 2. The van der Waals surface area contributed by atoms with Crippen molar-refractivity contribution in [1.29, 1.82) is 5.41 Å². The number of nitrogens with one attached hydrogen (secondary N) is 2. The molecule has 2 aromatic rings. The van der Waals surface area contributed by atoms with Crippen molar-refractivity contribution in [3.8, 4) is 11.3 Å². The highest BCUT2D eigenvalue weighted by molar-refractivity contribution is 6.33. The molecule has 0 atom stereocenters. The molecule has 4 N–H and O–H groups in total. The van der Waals surface area contributed by atoms with Crippen LogP contribution in [0.3, 0.4) is 0 Å². The number of anilines is 1. The molecule has 0 bridgehead atoms. The van der Waals surface area contributed by atoms with E-state index in [0.29, 0.717) is 22.3 Å². The molecule has 1 aliphatic rings. The molecule has 1 fully saturated rings. The van der Waals surface area contributed by atoms with Gasteiger partial charge in [0.15, 0.2) is 5.82 Å². The molecular weight excluding hydrogens is 396 g/mol. The summed E-state index contributed by atoms with van der Waals surface area (Å²) in [6.45, 7) is 9.00. The Morgan fingerprint density at radius 3 is 2.33 bits per heavy atom. The first-order valence-electron chi connectivity index (χ1n) is 10.1. The second kappa shape index (κ2) is 8.36. The van der Waals surface area contributed by atoms with Crippen LogP contribution in [-0.4, -0.2) is 40.6 Å². The van der Waals surface area contributed by atoms with Gasteiger partial charge in [-0.2, -0.15) is 0 Å². The average Bonchev–Trinajstić information content (AvgIpc) is 2.66. The van der Waals surface area contributed by atoms with Gasteiger partial charge < -0.3 is 21.4 Å². The first-order chi connectivity index (χ1) is 14.0. The number of hydrogen-bond donors (Lipinski definition) is 3. The summed E-state index contributed by atoms with van der Waals surface area (Å²) in [4.78, 5) is 2.23. The van der Waals surface area contributed by atoms with Gasteiger partial charge in [0.2, 0.25) is 0 Å². The van der Waals surface area contributed by atoms with Crippen LogP contribution in [0.25, 0.3) is 16.8 Å². The summed E-state index contributed by atoms with van der Waals surface area (Å²) in [6.07, 6.45) is 4.67. The van der Waals surface area contributed by atoms with Gasteiger partial charge in [0, 0.05) is 47.7 Å². The van der Waals surface area contributed by atoms with E-state index >= 15 is 0 Å². The number of nitrogens with zero attached hydrogens (tertiary/aromatic N) is 3. The van der Waals surface area contributed by atoms with Gasteiger partial charge in [0.05, 0.1) is 10.7 Å². The molecule has 1 saturated heterocycles. The van der Waals surface area contributed by atoms with Crippen LogP contribution in [0.2, 0.25) is 5.02 Å². The highest BCUT2D eigenvalue weighted by Crippen LogP contribution is 2.33. The topological polar surface area (TPSA) is 90.9 Å². The zero-order chi connectivity index (χ0) is 22.1. The second-order valence-electron chi connectivity index (χ2n) is 9.30. The van der Waals surface area contributed by atoms with E-state index in [0.717, 1.165) is 29.8 Å². The van der Waals surface area contributed by atoms with E-state index in [4.69, 9.17) is 22.7 Å². The molecule has 0 amide bonds. The van der Waals surface area contributed by atoms with Crippen LogP contribution in [0, 0.1) is 5.41 Å². The first-order valence-corrected chi connectivity index (χ1v) is 10.5. The Kier molecular flexibility index (Phi) is 6.20. The van der Waals surface area contributed by atoms with Gasteiger partial charge in [-0.25, -0.2) is 0 Å². The fraction of sp³-hybridized carbons (Fsp3) is 0.435. The second-order valence-corrected chi connectivity index (χ2v) is 9.71. The lowest BCUT2D eigenvalue weighted by atomic mass is 9.79. The lowest BCUT2D eigenvalue weighted by Crippen LogP contribution is -2.62. The van der Waals surface area contributed by atoms with Crippen molar-refractivity contribution in [2.75, 3.05) is 11.9 Å². The van der Waals surface area contributed by atoms with Gasteiger partial charge in [0.1, 0.15) is 0 Å². The van der Waals surface area contributed by atoms with Crippen molar-refractivity contribution in [3.63, 3.8) is 0 Å². The summed E-state index contributed by atoms with van der Waals surface area (Å²) in [6, 6.07) is 9.88. The number of nitrogens with two attached hydrogens (primary N) is 1. The summed E-state index contributed by atoms with van der Waals surface area (Å²) >= 11 is 6.48. The molecule has 2 heterocycles. The van der Waals surface area contributed by atoms with E-state index in [1.807, 2.05) is 24.3 Å². The van der Waals surface area contributed by atoms with E-state index in [9.17, 15) is 0 Å². The van der Waals surface area contributed by atoms with E-state index in [2.05, 4.69) is 55.2 Å². The van der Waals surface area contributed by atoms with E-state index < -0.39 is 0 Å². The van der Waals surface area contributed by atoms with Crippen LogP contribution in [0.5, 0.6) is 0 Å². The van der Waals surface area contributed by atoms with Gasteiger partial charge in [-0.1, -0.05) is 23.7 Å². The summed E-state index contributed by atoms with van der Waals surface area (Å²) in [5.74, 6) is 0.849. The number of halogens is 1. The van der Waals surface area contributed by atoms with Crippen LogP contribution in [0.1, 0.15) is 46.1 Å². The molecule has 160 valence electrons. The fourth-order valence-electron chi connectivity index (χ4n) is 4.52. The zero-order valence-electron chi connectivity index (χ0n) is 18.3.